The van der Waals surface area contributed by atoms with Crippen LogP contribution >= 0.6 is 0 Å². The van der Waals surface area contributed by atoms with Gasteiger partial charge in [-0.15, -0.1) is 0 Å². The first-order valence-corrected chi connectivity index (χ1v) is 6.34. The van der Waals surface area contributed by atoms with E-state index in [1.54, 1.807) is 7.05 Å². The molecule has 0 spiro atoms. The molecule has 0 fully saturated rings. The summed E-state index contributed by atoms with van der Waals surface area (Å²) in [5, 5.41) is 2.92. The first kappa shape index (κ1) is 12.7. The number of aryl methyl sites for hydroxylation is 1. The zero-order valence-electron chi connectivity index (χ0n) is 11.4. The van der Waals surface area contributed by atoms with Gasteiger partial charge in [0.15, 0.2) is 0 Å². The Hall–Kier alpha value is -1.77. The molecule has 0 aliphatic rings. The Morgan fingerprint density at radius 3 is 2.39 bits per heavy atom. The van der Waals surface area contributed by atoms with Gasteiger partial charge in [0, 0.05) is 12.6 Å². The molecule has 1 N–H and O–H groups in total. The summed E-state index contributed by atoms with van der Waals surface area (Å²) in [7, 11) is 1.81. The standard InChI is InChI=1S/C15H20N2O/c1-10(2)9-12-5-7-13(8-6-12)14-11(3)18-15(16-4)17-14/h5-8,10H,9H2,1-4H3,(H,16,17). The van der Waals surface area contributed by atoms with Gasteiger partial charge in [0.25, 0.3) is 6.01 Å². The minimum atomic E-state index is 0.564. The van der Waals surface area contributed by atoms with Crippen LogP contribution in [0.1, 0.15) is 25.2 Å². The molecule has 18 heavy (non-hydrogen) atoms. The van der Waals surface area contributed by atoms with Crippen LogP contribution in [-0.4, -0.2) is 12.0 Å². The average Bonchev–Trinajstić information content (AvgIpc) is 2.71. The largest absolute Gasteiger partial charge is 0.428 e. The lowest BCUT2D eigenvalue weighted by atomic mass is 10.0. The second-order valence-corrected chi connectivity index (χ2v) is 4.97. The van der Waals surface area contributed by atoms with Crippen molar-refractivity contribution in [1.29, 1.82) is 0 Å². The molecule has 1 aromatic carbocycles. The van der Waals surface area contributed by atoms with E-state index < -0.39 is 0 Å². The molecule has 96 valence electrons. The number of hydrogen-bond donors (Lipinski definition) is 1. The summed E-state index contributed by atoms with van der Waals surface area (Å²) < 4.78 is 5.49. The molecule has 0 saturated carbocycles. The minimum Gasteiger partial charge on any atom is -0.428 e. The molecule has 3 heteroatoms. The Bertz CT molecular complexity index is 512. The van der Waals surface area contributed by atoms with Crippen molar-refractivity contribution in [3.63, 3.8) is 0 Å². The van der Waals surface area contributed by atoms with E-state index in [4.69, 9.17) is 4.42 Å². The van der Waals surface area contributed by atoms with Crippen molar-refractivity contribution in [2.45, 2.75) is 27.2 Å². The van der Waals surface area contributed by atoms with Gasteiger partial charge in [0.1, 0.15) is 11.5 Å². The van der Waals surface area contributed by atoms with Crippen LogP contribution in [0.15, 0.2) is 28.7 Å². The van der Waals surface area contributed by atoms with Crippen LogP contribution in [0.4, 0.5) is 6.01 Å². The Balaban J connectivity index is 2.25. The second-order valence-electron chi connectivity index (χ2n) is 4.97. The lowest BCUT2D eigenvalue weighted by Gasteiger charge is -2.05. The third-order valence-corrected chi connectivity index (χ3v) is 2.88. The smallest absolute Gasteiger partial charge is 0.295 e. The average molecular weight is 244 g/mol. The molecular formula is C15H20N2O. The molecule has 0 aliphatic carbocycles. The molecule has 0 atom stereocenters. The van der Waals surface area contributed by atoms with Gasteiger partial charge >= 0.3 is 0 Å². The number of benzene rings is 1. The first-order valence-electron chi connectivity index (χ1n) is 6.34. The zero-order chi connectivity index (χ0) is 13.1. The fraction of sp³-hybridized carbons (Fsp3) is 0.400. The molecule has 0 unspecified atom stereocenters. The predicted molar refractivity (Wildman–Crippen MR) is 74.8 cm³/mol. The number of hydrogen-bond acceptors (Lipinski definition) is 3. The molecule has 0 radical (unpaired) electrons. The maximum Gasteiger partial charge on any atom is 0.295 e. The maximum atomic E-state index is 5.49. The number of aromatic nitrogens is 1. The van der Waals surface area contributed by atoms with Crippen molar-refractivity contribution in [3.05, 3.63) is 35.6 Å². The molecule has 0 bridgehead atoms. The van der Waals surface area contributed by atoms with E-state index in [1.807, 2.05) is 6.92 Å². The highest BCUT2D eigenvalue weighted by Crippen LogP contribution is 2.25. The van der Waals surface area contributed by atoms with Crippen LogP contribution in [0.3, 0.4) is 0 Å². The summed E-state index contributed by atoms with van der Waals surface area (Å²) in [6.45, 7) is 6.40. The van der Waals surface area contributed by atoms with E-state index in [1.165, 1.54) is 5.56 Å². The van der Waals surface area contributed by atoms with Gasteiger partial charge in [-0.1, -0.05) is 38.1 Å². The van der Waals surface area contributed by atoms with Crippen LogP contribution in [-0.2, 0) is 6.42 Å². The van der Waals surface area contributed by atoms with Gasteiger partial charge in [-0.25, -0.2) is 0 Å². The Kier molecular flexibility index (Phi) is 3.70. The van der Waals surface area contributed by atoms with Crippen LogP contribution in [0.5, 0.6) is 0 Å². The minimum absolute atomic E-state index is 0.564. The lowest BCUT2D eigenvalue weighted by molar-refractivity contribution is 0.544. The molecular weight excluding hydrogens is 224 g/mol. The highest BCUT2D eigenvalue weighted by molar-refractivity contribution is 5.62. The van der Waals surface area contributed by atoms with Gasteiger partial charge in [-0.2, -0.15) is 4.98 Å². The van der Waals surface area contributed by atoms with Gasteiger partial charge in [-0.05, 0) is 24.8 Å². The summed E-state index contributed by atoms with van der Waals surface area (Å²) in [6.07, 6.45) is 1.11. The molecule has 3 nitrogen and oxygen atoms in total. The van der Waals surface area contributed by atoms with Gasteiger partial charge in [-0.3, -0.25) is 0 Å². The maximum absolute atomic E-state index is 5.49. The normalized spacial score (nSPS) is 10.9. The van der Waals surface area contributed by atoms with E-state index in [0.29, 0.717) is 11.9 Å². The van der Waals surface area contributed by atoms with Crippen LogP contribution in [0.25, 0.3) is 11.3 Å². The molecule has 0 saturated heterocycles. The van der Waals surface area contributed by atoms with E-state index in [9.17, 15) is 0 Å². The number of oxazole rings is 1. The fourth-order valence-electron chi connectivity index (χ4n) is 2.04. The van der Waals surface area contributed by atoms with Gasteiger partial charge in [0.05, 0.1) is 0 Å². The predicted octanol–water partition coefficient (Wildman–Crippen LogP) is 3.89. The summed E-state index contributed by atoms with van der Waals surface area (Å²) >= 11 is 0. The summed E-state index contributed by atoms with van der Waals surface area (Å²) in [5.74, 6) is 1.52. The second kappa shape index (κ2) is 5.25. The summed E-state index contributed by atoms with van der Waals surface area (Å²) in [6, 6.07) is 9.13. The van der Waals surface area contributed by atoms with Gasteiger partial charge < -0.3 is 9.73 Å². The summed E-state index contributed by atoms with van der Waals surface area (Å²) in [4.78, 5) is 4.41. The van der Waals surface area contributed by atoms with Crippen molar-refractivity contribution >= 4 is 6.01 Å². The van der Waals surface area contributed by atoms with Crippen molar-refractivity contribution in [3.8, 4) is 11.3 Å². The van der Waals surface area contributed by atoms with Crippen molar-refractivity contribution in [2.24, 2.45) is 5.92 Å². The Labute approximate surface area is 108 Å². The Morgan fingerprint density at radius 1 is 1.22 bits per heavy atom. The molecule has 1 heterocycles. The number of nitrogens with one attached hydrogen (secondary N) is 1. The molecule has 0 aliphatic heterocycles. The van der Waals surface area contributed by atoms with Gasteiger partial charge in [0.2, 0.25) is 0 Å². The number of anilines is 1. The van der Waals surface area contributed by atoms with Crippen molar-refractivity contribution in [2.75, 3.05) is 12.4 Å². The van der Waals surface area contributed by atoms with Crippen molar-refractivity contribution < 1.29 is 4.42 Å². The van der Waals surface area contributed by atoms with E-state index in [2.05, 4.69) is 48.4 Å². The third kappa shape index (κ3) is 2.73. The van der Waals surface area contributed by atoms with Crippen LogP contribution in [0, 0.1) is 12.8 Å². The highest BCUT2D eigenvalue weighted by atomic mass is 16.4. The number of nitrogens with zero attached hydrogens (tertiary/aromatic N) is 1. The highest BCUT2D eigenvalue weighted by Gasteiger charge is 2.10. The van der Waals surface area contributed by atoms with E-state index >= 15 is 0 Å². The van der Waals surface area contributed by atoms with E-state index in [0.717, 1.165) is 23.4 Å². The van der Waals surface area contributed by atoms with E-state index in [-0.39, 0.29) is 0 Å². The molecule has 0 amide bonds. The molecule has 2 rings (SSSR count). The van der Waals surface area contributed by atoms with Crippen molar-refractivity contribution in [1.82, 2.24) is 4.98 Å². The third-order valence-electron chi connectivity index (χ3n) is 2.88. The molecule has 1 aromatic heterocycles. The van der Waals surface area contributed by atoms with Crippen LogP contribution < -0.4 is 5.32 Å². The lowest BCUT2D eigenvalue weighted by Crippen LogP contribution is -1.93. The fourth-order valence-corrected chi connectivity index (χ4v) is 2.04. The quantitative estimate of drug-likeness (QED) is 0.886. The monoisotopic (exact) mass is 244 g/mol. The first-order chi connectivity index (χ1) is 8.60. The zero-order valence-corrected chi connectivity index (χ0v) is 11.4. The topological polar surface area (TPSA) is 38.1 Å². The molecule has 2 aromatic rings. The van der Waals surface area contributed by atoms with Crippen LogP contribution in [0.2, 0.25) is 0 Å². The number of rotatable bonds is 4. The SMILES string of the molecule is CNc1nc(-c2ccc(CC(C)C)cc2)c(C)o1. The summed E-state index contributed by atoms with van der Waals surface area (Å²) in [5.41, 5.74) is 3.38. The Morgan fingerprint density at radius 2 is 1.89 bits per heavy atom.